The van der Waals surface area contributed by atoms with Crippen LogP contribution in [-0.4, -0.2) is 27.4 Å². The van der Waals surface area contributed by atoms with Crippen LogP contribution in [0, 0.1) is 5.92 Å². The maximum atomic E-state index is 4.09. The molecule has 2 atom stereocenters. The van der Waals surface area contributed by atoms with Crippen LogP contribution in [0.15, 0.2) is 12.7 Å². The molecule has 16 heavy (non-hydrogen) atoms. The van der Waals surface area contributed by atoms with E-state index < -0.39 is 0 Å². The maximum absolute atomic E-state index is 4.09. The predicted molar refractivity (Wildman–Crippen MR) is 66.2 cm³/mol. The van der Waals surface area contributed by atoms with Crippen molar-refractivity contribution >= 4 is 0 Å². The van der Waals surface area contributed by atoms with Gasteiger partial charge in [0.05, 0.1) is 6.54 Å². The fraction of sp³-hybridized carbons (Fsp3) is 0.833. The summed E-state index contributed by atoms with van der Waals surface area (Å²) in [6, 6.07) is 0.628. The van der Waals surface area contributed by atoms with E-state index in [2.05, 4.69) is 36.2 Å². The van der Waals surface area contributed by atoms with Crippen molar-refractivity contribution in [3.05, 3.63) is 12.7 Å². The molecule has 4 heteroatoms. The van der Waals surface area contributed by atoms with E-state index in [4.69, 9.17) is 0 Å². The van der Waals surface area contributed by atoms with Crippen molar-refractivity contribution in [3.8, 4) is 0 Å². The normalized spacial score (nSPS) is 14.9. The molecule has 1 rings (SSSR count). The topological polar surface area (TPSA) is 42.7 Å². The third kappa shape index (κ3) is 4.31. The van der Waals surface area contributed by atoms with Gasteiger partial charge in [0.2, 0.25) is 0 Å². The average molecular weight is 224 g/mol. The van der Waals surface area contributed by atoms with Crippen LogP contribution in [0.5, 0.6) is 0 Å². The van der Waals surface area contributed by atoms with E-state index in [1.54, 1.807) is 12.7 Å². The van der Waals surface area contributed by atoms with Crippen LogP contribution in [0.1, 0.15) is 40.0 Å². The summed E-state index contributed by atoms with van der Waals surface area (Å²) in [5.41, 5.74) is 0. The van der Waals surface area contributed by atoms with Crippen molar-refractivity contribution < 1.29 is 0 Å². The predicted octanol–water partition coefficient (Wildman–Crippen LogP) is 2.08. The smallest absolute Gasteiger partial charge is 0.137 e. The summed E-state index contributed by atoms with van der Waals surface area (Å²) in [5.74, 6) is 0.755. The maximum Gasteiger partial charge on any atom is 0.137 e. The van der Waals surface area contributed by atoms with E-state index in [0.29, 0.717) is 6.04 Å². The van der Waals surface area contributed by atoms with Crippen LogP contribution in [0.2, 0.25) is 0 Å². The van der Waals surface area contributed by atoms with E-state index >= 15 is 0 Å². The Balaban J connectivity index is 2.23. The monoisotopic (exact) mass is 224 g/mol. The molecule has 1 N–H and O–H groups in total. The largest absolute Gasteiger partial charge is 0.312 e. The second-order valence-electron chi connectivity index (χ2n) is 4.39. The zero-order valence-corrected chi connectivity index (χ0v) is 10.7. The Kier molecular flexibility index (Phi) is 6.08. The second-order valence-corrected chi connectivity index (χ2v) is 4.39. The van der Waals surface area contributed by atoms with Crippen molar-refractivity contribution in [2.45, 2.75) is 52.6 Å². The molecule has 1 aromatic heterocycles. The van der Waals surface area contributed by atoms with E-state index in [1.165, 1.54) is 19.3 Å². The molecule has 0 amide bonds. The highest BCUT2D eigenvalue weighted by atomic mass is 15.3. The number of aromatic nitrogens is 3. The lowest BCUT2D eigenvalue weighted by Gasteiger charge is -2.23. The van der Waals surface area contributed by atoms with Crippen LogP contribution < -0.4 is 5.32 Å². The Labute approximate surface area is 98.5 Å². The third-order valence-corrected chi connectivity index (χ3v) is 3.08. The lowest BCUT2D eigenvalue weighted by molar-refractivity contribution is 0.338. The van der Waals surface area contributed by atoms with Gasteiger partial charge in [0, 0.05) is 12.6 Å². The first-order valence-corrected chi connectivity index (χ1v) is 6.33. The van der Waals surface area contributed by atoms with Crippen molar-refractivity contribution in [3.63, 3.8) is 0 Å². The molecule has 92 valence electrons. The third-order valence-electron chi connectivity index (χ3n) is 3.08. The first-order valence-electron chi connectivity index (χ1n) is 6.33. The lowest BCUT2D eigenvalue weighted by atomic mass is 9.95. The second kappa shape index (κ2) is 7.39. The Morgan fingerprint density at radius 3 is 2.75 bits per heavy atom. The molecule has 0 aromatic carbocycles. The number of hydrogen-bond donors (Lipinski definition) is 1. The molecule has 2 unspecified atom stereocenters. The van der Waals surface area contributed by atoms with Crippen molar-refractivity contribution in [2.24, 2.45) is 5.92 Å². The van der Waals surface area contributed by atoms with Crippen molar-refractivity contribution in [2.75, 3.05) is 6.54 Å². The lowest BCUT2D eigenvalue weighted by Crippen LogP contribution is -2.36. The zero-order valence-electron chi connectivity index (χ0n) is 10.7. The zero-order chi connectivity index (χ0) is 11.8. The summed E-state index contributed by atoms with van der Waals surface area (Å²) in [5, 5.41) is 7.69. The van der Waals surface area contributed by atoms with Gasteiger partial charge in [-0.1, -0.05) is 27.2 Å². The first-order chi connectivity index (χ1) is 7.77. The molecule has 4 nitrogen and oxygen atoms in total. The van der Waals surface area contributed by atoms with Crippen LogP contribution >= 0.6 is 0 Å². The fourth-order valence-corrected chi connectivity index (χ4v) is 2.12. The van der Waals surface area contributed by atoms with Gasteiger partial charge in [0.25, 0.3) is 0 Å². The summed E-state index contributed by atoms with van der Waals surface area (Å²) in [7, 11) is 0. The molecule has 1 aromatic rings. The molecular formula is C12H24N4. The minimum Gasteiger partial charge on any atom is -0.312 e. The van der Waals surface area contributed by atoms with Gasteiger partial charge in [-0.2, -0.15) is 5.10 Å². The first kappa shape index (κ1) is 13.2. The Hall–Kier alpha value is -0.900. The van der Waals surface area contributed by atoms with Gasteiger partial charge in [-0.25, -0.2) is 4.98 Å². The molecule has 1 heterocycles. The van der Waals surface area contributed by atoms with E-state index in [0.717, 1.165) is 19.0 Å². The van der Waals surface area contributed by atoms with Crippen LogP contribution in [0.4, 0.5) is 0 Å². The Morgan fingerprint density at radius 2 is 2.19 bits per heavy atom. The van der Waals surface area contributed by atoms with Crippen LogP contribution in [0.25, 0.3) is 0 Å². The number of nitrogens with one attached hydrogen (secondary N) is 1. The Bertz CT molecular complexity index is 258. The van der Waals surface area contributed by atoms with Gasteiger partial charge in [-0.15, -0.1) is 0 Å². The van der Waals surface area contributed by atoms with E-state index in [1.807, 2.05) is 4.68 Å². The standard InChI is InChI=1S/C12H24N4/c1-4-6-11(3)12(5-2)14-7-8-16-10-13-9-15-16/h9-12,14H,4-8H2,1-3H3. The molecule has 0 fully saturated rings. The van der Waals surface area contributed by atoms with E-state index in [-0.39, 0.29) is 0 Å². The highest BCUT2D eigenvalue weighted by Gasteiger charge is 2.13. The summed E-state index contributed by atoms with van der Waals surface area (Å²) in [6.45, 7) is 8.70. The van der Waals surface area contributed by atoms with Gasteiger partial charge < -0.3 is 5.32 Å². The Morgan fingerprint density at radius 1 is 1.38 bits per heavy atom. The fourth-order valence-electron chi connectivity index (χ4n) is 2.12. The highest BCUT2D eigenvalue weighted by Crippen LogP contribution is 2.12. The molecule has 0 radical (unpaired) electrons. The molecular weight excluding hydrogens is 200 g/mol. The van der Waals surface area contributed by atoms with Gasteiger partial charge in [0.15, 0.2) is 0 Å². The number of nitrogens with zero attached hydrogens (tertiary/aromatic N) is 3. The summed E-state index contributed by atoms with van der Waals surface area (Å²) in [4.78, 5) is 3.93. The van der Waals surface area contributed by atoms with Gasteiger partial charge >= 0.3 is 0 Å². The quantitative estimate of drug-likeness (QED) is 0.735. The van der Waals surface area contributed by atoms with Crippen molar-refractivity contribution in [1.82, 2.24) is 20.1 Å². The van der Waals surface area contributed by atoms with Crippen LogP contribution in [-0.2, 0) is 6.54 Å². The minimum atomic E-state index is 0.628. The highest BCUT2D eigenvalue weighted by molar-refractivity contribution is 4.71. The van der Waals surface area contributed by atoms with Crippen LogP contribution in [0.3, 0.4) is 0 Å². The molecule has 0 saturated heterocycles. The van der Waals surface area contributed by atoms with Gasteiger partial charge in [-0.3, -0.25) is 4.68 Å². The number of rotatable bonds is 8. The molecule has 0 spiro atoms. The van der Waals surface area contributed by atoms with Gasteiger partial charge in [0.1, 0.15) is 12.7 Å². The van der Waals surface area contributed by atoms with E-state index in [9.17, 15) is 0 Å². The van der Waals surface area contributed by atoms with Gasteiger partial charge in [-0.05, 0) is 18.8 Å². The van der Waals surface area contributed by atoms with Crippen molar-refractivity contribution in [1.29, 1.82) is 0 Å². The molecule has 0 aliphatic heterocycles. The summed E-state index contributed by atoms with van der Waals surface area (Å²) in [6.07, 6.45) is 7.10. The summed E-state index contributed by atoms with van der Waals surface area (Å²) >= 11 is 0. The molecule has 0 saturated carbocycles. The summed E-state index contributed by atoms with van der Waals surface area (Å²) < 4.78 is 1.87. The minimum absolute atomic E-state index is 0.628. The molecule has 0 aliphatic carbocycles. The number of hydrogen-bond acceptors (Lipinski definition) is 3. The average Bonchev–Trinajstić information content (AvgIpc) is 2.77. The SMILES string of the molecule is CCCC(C)C(CC)NCCn1cncn1. The molecule has 0 aliphatic rings. The molecule has 0 bridgehead atoms.